The number of fused-ring (bicyclic) bond motifs is 1. The summed E-state index contributed by atoms with van der Waals surface area (Å²) in [6.07, 6.45) is -2.88. The molecule has 1 saturated heterocycles. The molecule has 1 amide bonds. The summed E-state index contributed by atoms with van der Waals surface area (Å²) in [6, 6.07) is 0. The highest BCUT2D eigenvalue weighted by Crippen LogP contribution is 2.35. The number of ether oxygens (including phenoxy) is 4. The van der Waals surface area contributed by atoms with Gasteiger partial charge in [0.25, 0.3) is 5.56 Å². The lowest BCUT2D eigenvalue weighted by atomic mass is 10.1. The average Bonchev–Trinajstić information content (AvgIpc) is 3.39. The molecule has 14 heteroatoms. The van der Waals surface area contributed by atoms with Crippen LogP contribution < -0.4 is 10.9 Å². The predicted molar refractivity (Wildman–Crippen MR) is 124 cm³/mol. The summed E-state index contributed by atoms with van der Waals surface area (Å²) in [6.45, 7) is 6.20. The van der Waals surface area contributed by atoms with E-state index in [9.17, 15) is 24.3 Å². The van der Waals surface area contributed by atoms with Crippen LogP contribution >= 0.6 is 0 Å². The second kappa shape index (κ2) is 12.2. The molecule has 36 heavy (non-hydrogen) atoms. The van der Waals surface area contributed by atoms with Crippen molar-refractivity contribution in [2.75, 3.05) is 25.3 Å². The van der Waals surface area contributed by atoms with Crippen LogP contribution in [0.25, 0.3) is 11.2 Å². The molecule has 4 atom stereocenters. The molecule has 2 aromatic rings. The Hall–Kier alpha value is -3.20. The maximum atomic E-state index is 12.6. The Balaban J connectivity index is 1.96. The van der Waals surface area contributed by atoms with Gasteiger partial charge in [-0.3, -0.25) is 29.3 Å². The van der Waals surface area contributed by atoms with Crippen LogP contribution in [0.4, 0.5) is 5.95 Å². The molecular weight excluding hydrogens is 478 g/mol. The SMILES string of the molecule is CCOCO[C@@H]1[C@H](OC(=O)CCC(C)=O)[C@@H](CO)O[C@H]1n1cnc2c(=O)[nH]c(NC(=O)C(C)C)nc21. The number of hydrogen-bond acceptors (Lipinski definition) is 11. The summed E-state index contributed by atoms with van der Waals surface area (Å²) in [5.41, 5.74) is -0.534. The Morgan fingerprint density at radius 2 is 2.03 bits per heavy atom. The number of Topliss-reactive ketones (excluding diaryl/α,β-unsaturated/α-hetero) is 1. The average molecular weight is 510 g/mol. The van der Waals surface area contributed by atoms with Gasteiger partial charge in [-0.2, -0.15) is 4.98 Å². The largest absolute Gasteiger partial charge is 0.456 e. The molecule has 3 heterocycles. The van der Waals surface area contributed by atoms with E-state index in [0.717, 1.165) is 0 Å². The number of carbonyl (C=O) groups excluding carboxylic acids is 3. The number of aromatic amines is 1. The molecule has 0 saturated carbocycles. The fourth-order valence-electron chi connectivity index (χ4n) is 3.53. The van der Waals surface area contributed by atoms with Gasteiger partial charge in [-0.1, -0.05) is 13.8 Å². The third-order valence-corrected chi connectivity index (χ3v) is 5.43. The van der Waals surface area contributed by atoms with E-state index in [2.05, 4.69) is 20.3 Å². The first kappa shape index (κ1) is 27.4. The van der Waals surface area contributed by atoms with Gasteiger partial charge >= 0.3 is 5.97 Å². The summed E-state index contributed by atoms with van der Waals surface area (Å²) >= 11 is 0. The zero-order valence-electron chi connectivity index (χ0n) is 20.6. The van der Waals surface area contributed by atoms with Crippen LogP contribution in [0.15, 0.2) is 11.1 Å². The van der Waals surface area contributed by atoms with Crippen molar-refractivity contribution in [1.29, 1.82) is 0 Å². The number of amides is 1. The number of H-pyrrole nitrogens is 1. The van der Waals surface area contributed by atoms with Gasteiger partial charge in [-0.05, 0) is 13.8 Å². The van der Waals surface area contributed by atoms with Crippen molar-refractivity contribution in [2.24, 2.45) is 5.92 Å². The number of nitrogens with zero attached hydrogens (tertiary/aromatic N) is 3. The van der Waals surface area contributed by atoms with Crippen LogP contribution in [-0.4, -0.2) is 80.6 Å². The van der Waals surface area contributed by atoms with Crippen molar-refractivity contribution in [3.8, 4) is 0 Å². The maximum Gasteiger partial charge on any atom is 0.306 e. The first-order valence-electron chi connectivity index (χ1n) is 11.6. The van der Waals surface area contributed by atoms with Gasteiger partial charge in [-0.15, -0.1) is 0 Å². The highest BCUT2D eigenvalue weighted by atomic mass is 16.7. The number of rotatable bonds is 12. The van der Waals surface area contributed by atoms with E-state index in [0.29, 0.717) is 6.61 Å². The lowest BCUT2D eigenvalue weighted by Crippen LogP contribution is -2.40. The first-order valence-corrected chi connectivity index (χ1v) is 11.6. The Morgan fingerprint density at radius 3 is 2.67 bits per heavy atom. The van der Waals surface area contributed by atoms with E-state index in [1.54, 1.807) is 20.8 Å². The molecule has 198 valence electrons. The van der Waals surface area contributed by atoms with E-state index in [4.69, 9.17) is 18.9 Å². The normalized spacial score (nSPS) is 21.7. The Kier molecular flexibility index (Phi) is 9.25. The van der Waals surface area contributed by atoms with Gasteiger partial charge in [-0.25, -0.2) is 4.98 Å². The molecular formula is C22H31N5O9. The molecule has 1 fully saturated rings. The number of esters is 1. The van der Waals surface area contributed by atoms with E-state index < -0.39 is 42.7 Å². The van der Waals surface area contributed by atoms with E-state index in [-0.39, 0.29) is 54.4 Å². The lowest BCUT2D eigenvalue weighted by Gasteiger charge is -2.24. The molecule has 3 N–H and O–H groups in total. The van der Waals surface area contributed by atoms with Crippen molar-refractivity contribution in [3.05, 3.63) is 16.7 Å². The Bertz CT molecular complexity index is 1140. The van der Waals surface area contributed by atoms with Gasteiger partial charge in [0, 0.05) is 18.9 Å². The number of aliphatic hydroxyl groups excluding tert-OH is 1. The Labute approximate surface area is 206 Å². The number of carbonyl (C=O) groups is 3. The molecule has 0 spiro atoms. The van der Waals surface area contributed by atoms with Crippen LogP contribution in [-0.2, 0) is 33.3 Å². The molecule has 1 aliphatic rings. The van der Waals surface area contributed by atoms with Crippen molar-refractivity contribution >= 4 is 34.8 Å². The molecule has 3 rings (SSSR count). The second-order valence-electron chi connectivity index (χ2n) is 8.53. The van der Waals surface area contributed by atoms with E-state index >= 15 is 0 Å². The molecule has 0 aliphatic carbocycles. The summed E-state index contributed by atoms with van der Waals surface area (Å²) in [5.74, 6) is -1.61. The molecule has 0 radical (unpaired) electrons. The molecule has 14 nitrogen and oxygen atoms in total. The summed E-state index contributed by atoms with van der Waals surface area (Å²) < 4.78 is 24.0. The van der Waals surface area contributed by atoms with E-state index in [1.165, 1.54) is 17.8 Å². The van der Waals surface area contributed by atoms with Crippen molar-refractivity contribution < 1.29 is 38.4 Å². The summed E-state index contributed by atoms with van der Waals surface area (Å²) in [5, 5.41) is 12.5. The van der Waals surface area contributed by atoms with Crippen molar-refractivity contribution in [1.82, 2.24) is 19.5 Å². The minimum atomic E-state index is -1.06. The predicted octanol–water partition coefficient (Wildman–Crippen LogP) is 0.264. The fraction of sp³-hybridized carbons (Fsp3) is 0.636. The highest BCUT2D eigenvalue weighted by molar-refractivity contribution is 5.91. The van der Waals surface area contributed by atoms with Crippen LogP contribution in [0.1, 0.15) is 46.8 Å². The van der Waals surface area contributed by atoms with Crippen LogP contribution in [0.3, 0.4) is 0 Å². The molecule has 1 aliphatic heterocycles. The summed E-state index contributed by atoms with van der Waals surface area (Å²) in [7, 11) is 0. The topological polar surface area (TPSA) is 184 Å². The zero-order valence-corrected chi connectivity index (χ0v) is 20.6. The minimum Gasteiger partial charge on any atom is -0.456 e. The standard InChI is InChI=1S/C22H31N5O9/c1-5-33-10-34-17-16(36-14(30)7-6-12(4)29)13(8-28)35-21(17)27-9-23-15-18(27)24-22(26-20(15)32)25-19(31)11(2)3/h9,11,13,16-17,21,28H,5-8,10H2,1-4H3,(H2,24,25,26,31,32)/t13-,16-,17-,21-/m1/s1. The number of anilines is 1. The number of ketones is 1. The number of aromatic nitrogens is 4. The van der Waals surface area contributed by atoms with Gasteiger partial charge in [0.15, 0.2) is 23.5 Å². The van der Waals surface area contributed by atoms with Crippen molar-refractivity contribution in [3.63, 3.8) is 0 Å². The van der Waals surface area contributed by atoms with Crippen LogP contribution in [0.2, 0.25) is 0 Å². The molecule has 2 aromatic heterocycles. The number of hydrogen-bond donors (Lipinski definition) is 3. The van der Waals surface area contributed by atoms with Crippen LogP contribution in [0, 0.1) is 5.92 Å². The summed E-state index contributed by atoms with van der Waals surface area (Å²) in [4.78, 5) is 59.2. The van der Waals surface area contributed by atoms with Gasteiger partial charge in [0.05, 0.1) is 19.4 Å². The van der Waals surface area contributed by atoms with Gasteiger partial charge < -0.3 is 28.8 Å². The van der Waals surface area contributed by atoms with Crippen molar-refractivity contribution in [2.45, 2.75) is 65.1 Å². The second-order valence-corrected chi connectivity index (χ2v) is 8.53. The quantitative estimate of drug-likeness (QED) is 0.203. The van der Waals surface area contributed by atoms with Gasteiger partial charge in [0.2, 0.25) is 11.9 Å². The zero-order chi connectivity index (χ0) is 26.4. The fourth-order valence-corrected chi connectivity index (χ4v) is 3.53. The number of nitrogens with one attached hydrogen (secondary N) is 2. The minimum absolute atomic E-state index is 0.00777. The monoisotopic (exact) mass is 509 g/mol. The van der Waals surface area contributed by atoms with E-state index in [1.807, 2.05) is 0 Å². The molecule has 0 bridgehead atoms. The maximum absolute atomic E-state index is 12.6. The van der Waals surface area contributed by atoms with Gasteiger partial charge in [0.1, 0.15) is 24.8 Å². The third-order valence-electron chi connectivity index (χ3n) is 5.43. The smallest absolute Gasteiger partial charge is 0.306 e. The van der Waals surface area contributed by atoms with Crippen LogP contribution in [0.5, 0.6) is 0 Å². The first-order chi connectivity index (χ1) is 17.2. The lowest BCUT2D eigenvalue weighted by molar-refractivity contribution is -0.168. The molecule has 0 unspecified atom stereocenters. The number of imidazole rings is 1. The Morgan fingerprint density at radius 1 is 1.28 bits per heavy atom. The molecule has 0 aromatic carbocycles. The highest BCUT2D eigenvalue weighted by Gasteiger charge is 2.49. The third kappa shape index (κ3) is 6.32. The number of aliphatic hydroxyl groups is 1.